The maximum atomic E-state index is 14.7. The first-order valence-corrected chi connectivity index (χ1v) is 12.4. The van der Waals surface area contributed by atoms with Crippen LogP contribution in [-0.2, 0) is 14.4 Å². The Morgan fingerprint density at radius 1 is 1.15 bits per heavy atom. The van der Waals surface area contributed by atoms with Crippen LogP contribution in [0, 0.1) is 11.7 Å². The van der Waals surface area contributed by atoms with E-state index >= 15 is 0 Å². The van der Waals surface area contributed by atoms with Gasteiger partial charge in [0.1, 0.15) is 11.9 Å². The van der Waals surface area contributed by atoms with Crippen molar-refractivity contribution in [2.24, 2.45) is 5.92 Å². The first kappa shape index (κ1) is 24.9. The van der Waals surface area contributed by atoms with Crippen LogP contribution >= 0.6 is 12.6 Å². The molecule has 0 bridgehead atoms. The number of rotatable bonds is 8. The van der Waals surface area contributed by atoms with E-state index < -0.39 is 18.1 Å². The molecule has 1 aliphatic carbocycles. The second kappa shape index (κ2) is 10.6. The molecule has 2 heterocycles. The van der Waals surface area contributed by atoms with Crippen LogP contribution in [0.15, 0.2) is 35.9 Å². The van der Waals surface area contributed by atoms with Crippen LogP contribution in [0.5, 0.6) is 0 Å². The van der Waals surface area contributed by atoms with Crippen LogP contribution in [-0.4, -0.2) is 88.0 Å². The molecular weight excluding hydrogens is 457 g/mol. The summed E-state index contributed by atoms with van der Waals surface area (Å²) in [6.45, 7) is 4.19. The summed E-state index contributed by atoms with van der Waals surface area (Å²) in [5.41, 5.74) is 1.45. The van der Waals surface area contributed by atoms with Crippen molar-refractivity contribution in [1.82, 2.24) is 14.7 Å². The lowest BCUT2D eigenvalue weighted by Gasteiger charge is -2.38. The standard InChI is InChI=1S/C25H32FN3O4S/c1-16(25(32)33)28-13-12-27(22(30)15-28)10-8-18-14-29(11-9-21(18)34)23(24(31)17-6-7-17)19-4-2-3-5-20(19)26/h2-5,8,16-17,21,23,34H,6-7,9-15H2,1H3,(H,32,33)/b18-8-. The van der Waals surface area contributed by atoms with E-state index in [-0.39, 0.29) is 35.2 Å². The summed E-state index contributed by atoms with van der Waals surface area (Å²) in [5, 5.41) is 9.21. The van der Waals surface area contributed by atoms with Crippen molar-refractivity contribution < 1.29 is 23.9 Å². The molecule has 2 saturated heterocycles. The Morgan fingerprint density at radius 2 is 1.88 bits per heavy atom. The number of hydrogen-bond acceptors (Lipinski definition) is 6. The largest absolute Gasteiger partial charge is 0.480 e. The second-order valence-electron chi connectivity index (χ2n) is 9.48. The van der Waals surface area contributed by atoms with Gasteiger partial charge in [-0.05, 0) is 37.8 Å². The summed E-state index contributed by atoms with van der Waals surface area (Å²) in [5.74, 6) is -1.31. The number of piperazine rings is 1. The third kappa shape index (κ3) is 5.53. The lowest BCUT2D eigenvalue weighted by Crippen LogP contribution is -2.54. The van der Waals surface area contributed by atoms with Crippen molar-refractivity contribution in [1.29, 1.82) is 0 Å². The maximum Gasteiger partial charge on any atom is 0.320 e. The predicted octanol–water partition coefficient (Wildman–Crippen LogP) is 2.39. The van der Waals surface area contributed by atoms with Gasteiger partial charge in [0.15, 0.2) is 5.78 Å². The molecule has 0 radical (unpaired) electrons. The number of carbonyl (C=O) groups excluding carboxylic acids is 2. The average Bonchev–Trinajstić information content (AvgIpc) is 3.66. The lowest BCUT2D eigenvalue weighted by molar-refractivity contribution is -0.146. The van der Waals surface area contributed by atoms with Crippen LogP contribution in [0.25, 0.3) is 0 Å². The lowest BCUT2D eigenvalue weighted by atomic mass is 9.93. The van der Waals surface area contributed by atoms with Crippen LogP contribution in [0.1, 0.15) is 37.8 Å². The quantitative estimate of drug-likeness (QED) is 0.431. The Kier molecular flexibility index (Phi) is 7.74. The van der Waals surface area contributed by atoms with Gasteiger partial charge in [-0.2, -0.15) is 12.6 Å². The number of carboxylic acids is 1. The molecule has 1 N–H and O–H groups in total. The highest BCUT2D eigenvalue weighted by molar-refractivity contribution is 7.81. The molecule has 1 amide bonds. The maximum absolute atomic E-state index is 14.7. The van der Waals surface area contributed by atoms with Gasteiger partial charge < -0.3 is 10.0 Å². The van der Waals surface area contributed by atoms with E-state index in [0.29, 0.717) is 38.3 Å². The number of aliphatic carboxylic acids is 1. The van der Waals surface area contributed by atoms with Crippen LogP contribution in [0.3, 0.4) is 0 Å². The Labute approximate surface area is 205 Å². The third-order valence-electron chi connectivity index (χ3n) is 7.14. The first-order valence-electron chi connectivity index (χ1n) is 11.9. The number of ketones is 1. The van der Waals surface area contributed by atoms with E-state index in [1.165, 1.54) is 6.07 Å². The molecule has 7 nitrogen and oxygen atoms in total. The summed E-state index contributed by atoms with van der Waals surface area (Å²) in [6.07, 6.45) is 4.46. The molecule has 0 aromatic heterocycles. The molecule has 184 valence electrons. The fraction of sp³-hybridized carbons (Fsp3) is 0.560. The fourth-order valence-corrected chi connectivity index (χ4v) is 5.07. The van der Waals surface area contributed by atoms with Gasteiger partial charge in [0.25, 0.3) is 0 Å². The number of nitrogens with zero attached hydrogens (tertiary/aromatic N) is 3. The van der Waals surface area contributed by atoms with Gasteiger partial charge in [-0.15, -0.1) is 0 Å². The molecule has 2 aliphatic heterocycles. The average molecular weight is 490 g/mol. The van der Waals surface area contributed by atoms with E-state index in [2.05, 4.69) is 0 Å². The number of hydrogen-bond donors (Lipinski definition) is 2. The highest BCUT2D eigenvalue weighted by Gasteiger charge is 2.41. The van der Waals surface area contributed by atoms with E-state index in [9.17, 15) is 23.9 Å². The molecule has 4 rings (SSSR count). The molecular formula is C25H32FN3O4S. The third-order valence-corrected chi connectivity index (χ3v) is 7.73. The monoisotopic (exact) mass is 489 g/mol. The topological polar surface area (TPSA) is 81.2 Å². The molecule has 3 unspecified atom stereocenters. The summed E-state index contributed by atoms with van der Waals surface area (Å²) in [7, 11) is 0. The summed E-state index contributed by atoms with van der Waals surface area (Å²) < 4.78 is 14.7. The smallest absolute Gasteiger partial charge is 0.320 e. The van der Waals surface area contributed by atoms with Crippen molar-refractivity contribution in [3.05, 3.63) is 47.3 Å². The predicted molar refractivity (Wildman–Crippen MR) is 129 cm³/mol. The number of carbonyl (C=O) groups is 3. The fourth-order valence-electron chi connectivity index (χ4n) is 4.77. The van der Waals surface area contributed by atoms with Crippen LogP contribution in [0.2, 0.25) is 0 Å². The van der Waals surface area contributed by atoms with Gasteiger partial charge in [0.2, 0.25) is 5.91 Å². The molecule has 34 heavy (non-hydrogen) atoms. The van der Waals surface area contributed by atoms with Gasteiger partial charge in [-0.25, -0.2) is 4.39 Å². The first-order chi connectivity index (χ1) is 16.3. The van der Waals surface area contributed by atoms with Gasteiger partial charge in [-0.3, -0.25) is 24.2 Å². The Morgan fingerprint density at radius 3 is 2.53 bits per heavy atom. The van der Waals surface area contributed by atoms with Crippen molar-refractivity contribution >= 4 is 30.3 Å². The Bertz CT molecular complexity index is 983. The molecule has 1 aromatic rings. The summed E-state index contributed by atoms with van der Waals surface area (Å²) in [4.78, 5) is 42.4. The zero-order valence-corrected chi connectivity index (χ0v) is 20.3. The highest BCUT2D eigenvalue weighted by atomic mass is 32.1. The van der Waals surface area contributed by atoms with Crippen molar-refractivity contribution in [2.75, 3.05) is 39.3 Å². The Balaban J connectivity index is 1.46. The minimum atomic E-state index is -0.936. The Hall–Kier alpha value is -2.23. The zero-order valence-electron chi connectivity index (χ0n) is 19.4. The number of thiol groups is 1. The van der Waals surface area contributed by atoms with E-state index in [0.717, 1.165) is 24.8 Å². The number of amides is 1. The van der Waals surface area contributed by atoms with Crippen molar-refractivity contribution in [2.45, 2.75) is 43.5 Å². The molecule has 3 atom stereocenters. The van der Waals surface area contributed by atoms with Gasteiger partial charge >= 0.3 is 5.97 Å². The van der Waals surface area contributed by atoms with Crippen LogP contribution in [0.4, 0.5) is 4.39 Å². The van der Waals surface area contributed by atoms with E-state index in [1.807, 2.05) is 11.0 Å². The van der Waals surface area contributed by atoms with E-state index in [1.54, 1.807) is 34.9 Å². The molecule has 3 fully saturated rings. The highest BCUT2D eigenvalue weighted by Crippen LogP contribution is 2.39. The van der Waals surface area contributed by atoms with Gasteiger partial charge in [0.05, 0.1) is 12.6 Å². The molecule has 9 heteroatoms. The van der Waals surface area contributed by atoms with Crippen LogP contribution < -0.4 is 0 Å². The number of piperidine rings is 1. The number of Topliss-reactive ketones (excluding diaryl/α,β-unsaturated/α-hetero) is 1. The minimum absolute atomic E-state index is 0.00729. The number of halogens is 1. The molecule has 0 spiro atoms. The van der Waals surface area contributed by atoms with Crippen molar-refractivity contribution in [3.63, 3.8) is 0 Å². The van der Waals surface area contributed by atoms with Crippen molar-refractivity contribution in [3.8, 4) is 0 Å². The minimum Gasteiger partial charge on any atom is -0.480 e. The molecule has 1 saturated carbocycles. The summed E-state index contributed by atoms with van der Waals surface area (Å²) in [6, 6.07) is 5.20. The van der Waals surface area contributed by atoms with E-state index in [4.69, 9.17) is 12.6 Å². The van der Waals surface area contributed by atoms with Gasteiger partial charge in [-0.1, -0.05) is 24.3 Å². The number of carboxylic acid groups (broad SMARTS) is 1. The molecule has 1 aromatic carbocycles. The second-order valence-corrected chi connectivity index (χ2v) is 10.1. The summed E-state index contributed by atoms with van der Waals surface area (Å²) >= 11 is 4.73. The normalized spacial score (nSPS) is 25.4. The zero-order chi connectivity index (χ0) is 24.4. The SMILES string of the molecule is CC(C(=O)O)N1CCN(C/C=C2/CN(C(C(=O)C3CC3)c3ccccc3F)CCC2S)C(=O)C1. The number of likely N-dealkylation sites (tertiary alicyclic amines) is 1. The number of benzene rings is 1. The molecule has 3 aliphatic rings. The van der Waals surface area contributed by atoms with Gasteiger partial charge in [0, 0.05) is 49.5 Å².